The molecule has 0 bridgehead atoms. The van der Waals surface area contributed by atoms with Crippen LogP contribution < -0.4 is 0 Å². The van der Waals surface area contributed by atoms with Crippen LogP contribution in [0, 0.1) is 5.92 Å². The number of carbonyl (C=O) groups excluding carboxylic acids is 1. The summed E-state index contributed by atoms with van der Waals surface area (Å²) in [5, 5.41) is 9.60. The number of aliphatic hydroxyl groups is 1. The third-order valence-electron chi connectivity index (χ3n) is 2.24. The number of carbonyl (C=O) groups is 1. The normalized spacial score (nSPS) is 15.3. The van der Waals surface area contributed by atoms with E-state index in [4.69, 9.17) is 4.42 Å². The monoisotopic (exact) mass is 182 g/mol. The maximum Gasteiger partial charge on any atom is 0.135 e. The summed E-state index contributed by atoms with van der Waals surface area (Å²) >= 11 is 0. The van der Waals surface area contributed by atoms with Crippen LogP contribution in [0.1, 0.15) is 19.4 Å². The van der Waals surface area contributed by atoms with Crippen LogP contribution >= 0.6 is 0 Å². The van der Waals surface area contributed by atoms with Crippen molar-refractivity contribution in [2.75, 3.05) is 0 Å². The SMILES string of the molecule is CC(=O)[C@H](C)[C@@H](O)Cc1ccoc1. The van der Waals surface area contributed by atoms with E-state index in [2.05, 4.69) is 0 Å². The molecule has 0 fully saturated rings. The lowest BCUT2D eigenvalue weighted by atomic mass is 9.96. The van der Waals surface area contributed by atoms with E-state index >= 15 is 0 Å². The standard InChI is InChI=1S/C10H14O3/c1-7(8(2)11)10(12)5-9-3-4-13-6-9/h3-4,6-7,10,12H,5H2,1-2H3/t7-,10-/m0/s1. The molecular weight excluding hydrogens is 168 g/mol. The minimum atomic E-state index is -0.616. The highest BCUT2D eigenvalue weighted by atomic mass is 16.3. The van der Waals surface area contributed by atoms with Gasteiger partial charge in [-0.15, -0.1) is 0 Å². The molecule has 0 aliphatic rings. The predicted molar refractivity (Wildman–Crippen MR) is 48.3 cm³/mol. The van der Waals surface area contributed by atoms with Gasteiger partial charge < -0.3 is 9.52 Å². The minimum Gasteiger partial charge on any atom is -0.472 e. The molecule has 0 spiro atoms. The molecule has 0 aliphatic heterocycles. The number of ketones is 1. The van der Waals surface area contributed by atoms with Crippen LogP contribution in [0.4, 0.5) is 0 Å². The van der Waals surface area contributed by atoms with Gasteiger partial charge in [0.25, 0.3) is 0 Å². The summed E-state index contributed by atoms with van der Waals surface area (Å²) in [7, 11) is 0. The van der Waals surface area contributed by atoms with Gasteiger partial charge in [-0.3, -0.25) is 4.79 Å². The van der Waals surface area contributed by atoms with Crippen molar-refractivity contribution < 1.29 is 14.3 Å². The summed E-state index contributed by atoms with van der Waals surface area (Å²) in [5.41, 5.74) is 0.917. The summed E-state index contributed by atoms with van der Waals surface area (Å²) in [6.07, 6.45) is 2.99. The van der Waals surface area contributed by atoms with Crippen LogP contribution in [-0.4, -0.2) is 17.0 Å². The Morgan fingerprint density at radius 3 is 2.85 bits per heavy atom. The Morgan fingerprint density at radius 2 is 2.38 bits per heavy atom. The molecule has 1 aromatic heterocycles. The van der Waals surface area contributed by atoms with Crippen molar-refractivity contribution in [3.8, 4) is 0 Å². The molecule has 1 aromatic rings. The Morgan fingerprint density at radius 1 is 1.69 bits per heavy atom. The summed E-state index contributed by atoms with van der Waals surface area (Å²) < 4.78 is 4.86. The first-order valence-corrected chi connectivity index (χ1v) is 4.31. The van der Waals surface area contributed by atoms with Crippen LogP contribution in [0.25, 0.3) is 0 Å². The van der Waals surface area contributed by atoms with Gasteiger partial charge in [-0.25, -0.2) is 0 Å². The van der Waals surface area contributed by atoms with Gasteiger partial charge in [0.2, 0.25) is 0 Å². The second-order valence-corrected chi connectivity index (χ2v) is 3.30. The second kappa shape index (κ2) is 4.23. The summed E-state index contributed by atoms with van der Waals surface area (Å²) in [4.78, 5) is 10.9. The summed E-state index contributed by atoms with van der Waals surface area (Å²) in [5.74, 6) is -0.300. The molecule has 72 valence electrons. The zero-order valence-corrected chi connectivity index (χ0v) is 7.86. The van der Waals surface area contributed by atoms with Gasteiger partial charge >= 0.3 is 0 Å². The molecule has 0 aromatic carbocycles. The molecule has 13 heavy (non-hydrogen) atoms. The van der Waals surface area contributed by atoms with Gasteiger partial charge in [0, 0.05) is 12.3 Å². The fourth-order valence-electron chi connectivity index (χ4n) is 1.10. The quantitative estimate of drug-likeness (QED) is 0.765. The van der Waals surface area contributed by atoms with E-state index in [-0.39, 0.29) is 11.7 Å². The van der Waals surface area contributed by atoms with Crippen molar-refractivity contribution in [2.24, 2.45) is 5.92 Å². The first-order chi connectivity index (χ1) is 6.11. The molecule has 0 unspecified atom stereocenters. The highest BCUT2D eigenvalue weighted by Crippen LogP contribution is 2.11. The molecule has 0 saturated carbocycles. The minimum absolute atomic E-state index is 0.0102. The fourth-order valence-corrected chi connectivity index (χ4v) is 1.10. The smallest absolute Gasteiger partial charge is 0.135 e. The van der Waals surface area contributed by atoms with Crippen LogP contribution in [0.3, 0.4) is 0 Å². The summed E-state index contributed by atoms with van der Waals surface area (Å²) in [6, 6.07) is 1.79. The van der Waals surface area contributed by atoms with Crippen molar-refractivity contribution >= 4 is 5.78 Å². The van der Waals surface area contributed by atoms with Gasteiger partial charge in [-0.2, -0.15) is 0 Å². The molecule has 2 atom stereocenters. The number of Topliss-reactive ketones (excluding diaryl/α,β-unsaturated/α-hetero) is 1. The van der Waals surface area contributed by atoms with Crippen LogP contribution in [0.2, 0.25) is 0 Å². The number of hydrogen-bond donors (Lipinski definition) is 1. The van der Waals surface area contributed by atoms with Gasteiger partial charge in [-0.1, -0.05) is 6.92 Å². The van der Waals surface area contributed by atoms with E-state index in [0.29, 0.717) is 6.42 Å². The molecule has 1 heterocycles. The van der Waals surface area contributed by atoms with Crippen molar-refractivity contribution in [2.45, 2.75) is 26.4 Å². The van der Waals surface area contributed by atoms with Crippen molar-refractivity contribution in [1.82, 2.24) is 0 Å². The predicted octanol–water partition coefficient (Wildman–Crippen LogP) is 1.41. The van der Waals surface area contributed by atoms with Crippen LogP contribution in [0.15, 0.2) is 23.0 Å². The lowest BCUT2D eigenvalue weighted by Gasteiger charge is -2.14. The van der Waals surface area contributed by atoms with E-state index in [1.807, 2.05) is 0 Å². The topological polar surface area (TPSA) is 50.4 Å². The Balaban J connectivity index is 2.50. The largest absolute Gasteiger partial charge is 0.472 e. The molecule has 1 rings (SSSR count). The molecule has 0 aliphatic carbocycles. The van der Waals surface area contributed by atoms with E-state index < -0.39 is 6.10 Å². The fraction of sp³-hybridized carbons (Fsp3) is 0.500. The molecule has 3 nitrogen and oxygen atoms in total. The van der Waals surface area contributed by atoms with Gasteiger partial charge in [-0.05, 0) is 18.6 Å². The molecule has 0 saturated heterocycles. The molecular formula is C10H14O3. The highest BCUT2D eigenvalue weighted by molar-refractivity contribution is 5.78. The lowest BCUT2D eigenvalue weighted by Crippen LogP contribution is -2.25. The number of hydrogen-bond acceptors (Lipinski definition) is 3. The second-order valence-electron chi connectivity index (χ2n) is 3.30. The molecule has 1 N–H and O–H groups in total. The van der Waals surface area contributed by atoms with Crippen molar-refractivity contribution in [3.63, 3.8) is 0 Å². The Kier molecular flexibility index (Phi) is 3.25. The van der Waals surface area contributed by atoms with Crippen molar-refractivity contribution in [1.29, 1.82) is 0 Å². The van der Waals surface area contributed by atoms with Gasteiger partial charge in [0.05, 0.1) is 18.6 Å². The van der Waals surface area contributed by atoms with Crippen LogP contribution in [-0.2, 0) is 11.2 Å². The van der Waals surface area contributed by atoms with E-state index in [0.717, 1.165) is 5.56 Å². The average molecular weight is 182 g/mol. The number of aliphatic hydroxyl groups excluding tert-OH is 1. The first-order valence-electron chi connectivity index (χ1n) is 4.31. The first kappa shape index (κ1) is 9.99. The average Bonchev–Trinajstić information content (AvgIpc) is 2.55. The maximum atomic E-state index is 10.9. The lowest BCUT2D eigenvalue weighted by molar-refractivity contribution is -0.123. The van der Waals surface area contributed by atoms with E-state index in [9.17, 15) is 9.90 Å². The van der Waals surface area contributed by atoms with Crippen molar-refractivity contribution in [3.05, 3.63) is 24.2 Å². The third kappa shape index (κ3) is 2.70. The number of rotatable bonds is 4. The zero-order valence-electron chi connectivity index (χ0n) is 7.86. The Hall–Kier alpha value is -1.09. The van der Waals surface area contributed by atoms with Gasteiger partial charge in [0.1, 0.15) is 5.78 Å². The molecule has 0 amide bonds. The third-order valence-corrected chi connectivity index (χ3v) is 2.24. The number of furan rings is 1. The van der Waals surface area contributed by atoms with E-state index in [1.54, 1.807) is 25.5 Å². The molecule has 0 radical (unpaired) electrons. The Labute approximate surface area is 77.4 Å². The van der Waals surface area contributed by atoms with Crippen LogP contribution in [0.5, 0.6) is 0 Å². The maximum absolute atomic E-state index is 10.9. The summed E-state index contributed by atoms with van der Waals surface area (Å²) in [6.45, 7) is 3.22. The van der Waals surface area contributed by atoms with Gasteiger partial charge in [0.15, 0.2) is 0 Å². The molecule has 3 heteroatoms. The van der Waals surface area contributed by atoms with E-state index in [1.165, 1.54) is 6.92 Å². The zero-order chi connectivity index (χ0) is 9.84. The Bertz CT molecular complexity index is 264. The highest BCUT2D eigenvalue weighted by Gasteiger charge is 2.18.